The van der Waals surface area contributed by atoms with Gasteiger partial charge in [0.25, 0.3) is 0 Å². The van der Waals surface area contributed by atoms with Crippen LogP contribution in [0.2, 0.25) is 0 Å². The van der Waals surface area contributed by atoms with Gasteiger partial charge in [0, 0.05) is 23.6 Å². The average molecular weight is 256 g/mol. The first-order chi connectivity index (χ1) is 8.19. The first-order valence-electron chi connectivity index (χ1n) is 6.64. The van der Waals surface area contributed by atoms with Crippen LogP contribution in [0.25, 0.3) is 0 Å². The molecule has 5 heteroatoms. The molecule has 2 aliphatic rings. The summed E-state index contributed by atoms with van der Waals surface area (Å²) in [5, 5.41) is 1.31. The lowest BCUT2D eigenvalue weighted by Crippen LogP contribution is -2.51. The Morgan fingerprint density at radius 1 is 1.24 bits per heavy atom. The fraction of sp³-hybridized carbons (Fsp3) is 0.917. The zero-order valence-electron chi connectivity index (χ0n) is 10.9. The average Bonchev–Trinajstić information content (AvgIpc) is 2.77. The van der Waals surface area contributed by atoms with E-state index in [9.17, 15) is 0 Å². The zero-order valence-corrected chi connectivity index (χ0v) is 11.7. The fourth-order valence-electron chi connectivity index (χ4n) is 2.77. The third-order valence-electron chi connectivity index (χ3n) is 3.48. The summed E-state index contributed by atoms with van der Waals surface area (Å²) in [6, 6.07) is 0.487. The Labute approximate surface area is 108 Å². The normalized spacial score (nSPS) is 31.9. The molecule has 1 saturated heterocycles. The molecule has 0 aromatic rings. The standard InChI is InChI=1S/C12H24N4S/c1-9-7-16(8-10(2)17-9)12(15-13)14-11-5-3-4-6-11/h9-11H,3-8,13H2,1-2H3,(H,14,15). The van der Waals surface area contributed by atoms with Crippen molar-refractivity contribution < 1.29 is 0 Å². The highest BCUT2D eigenvalue weighted by Crippen LogP contribution is 2.25. The summed E-state index contributed by atoms with van der Waals surface area (Å²) in [7, 11) is 0. The molecule has 17 heavy (non-hydrogen) atoms. The molecule has 0 bridgehead atoms. The number of aliphatic imine (C=N–C) groups is 1. The van der Waals surface area contributed by atoms with Gasteiger partial charge >= 0.3 is 0 Å². The molecule has 2 atom stereocenters. The molecule has 1 aliphatic heterocycles. The van der Waals surface area contributed by atoms with E-state index in [2.05, 4.69) is 35.9 Å². The Balaban J connectivity index is 2.01. The minimum atomic E-state index is 0.487. The molecule has 2 rings (SSSR count). The molecule has 2 unspecified atom stereocenters. The second kappa shape index (κ2) is 5.96. The van der Waals surface area contributed by atoms with Crippen molar-refractivity contribution in [2.75, 3.05) is 13.1 Å². The number of nitrogens with two attached hydrogens (primary N) is 1. The highest BCUT2D eigenvalue weighted by Gasteiger charge is 2.25. The van der Waals surface area contributed by atoms with E-state index in [0.717, 1.165) is 19.0 Å². The molecule has 0 radical (unpaired) electrons. The molecule has 3 N–H and O–H groups in total. The van der Waals surface area contributed by atoms with Crippen molar-refractivity contribution in [3.8, 4) is 0 Å². The van der Waals surface area contributed by atoms with Gasteiger partial charge in [-0.15, -0.1) is 0 Å². The predicted molar refractivity (Wildman–Crippen MR) is 75.1 cm³/mol. The van der Waals surface area contributed by atoms with Crippen LogP contribution in [0.3, 0.4) is 0 Å². The van der Waals surface area contributed by atoms with E-state index in [1.807, 2.05) is 0 Å². The summed E-state index contributed by atoms with van der Waals surface area (Å²) in [5.41, 5.74) is 2.81. The number of guanidine groups is 1. The van der Waals surface area contributed by atoms with Crippen molar-refractivity contribution in [2.45, 2.75) is 56.1 Å². The van der Waals surface area contributed by atoms with Crippen molar-refractivity contribution in [3.63, 3.8) is 0 Å². The van der Waals surface area contributed by atoms with E-state index >= 15 is 0 Å². The number of rotatable bonds is 1. The molecule has 0 spiro atoms. The van der Waals surface area contributed by atoms with Crippen molar-refractivity contribution in [3.05, 3.63) is 0 Å². The van der Waals surface area contributed by atoms with Gasteiger partial charge in [-0.3, -0.25) is 5.43 Å². The van der Waals surface area contributed by atoms with Crippen LogP contribution in [0.15, 0.2) is 4.99 Å². The van der Waals surface area contributed by atoms with E-state index < -0.39 is 0 Å². The molecular weight excluding hydrogens is 232 g/mol. The molecule has 1 heterocycles. The summed E-state index contributed by atoms with van der Waals surface area (Å²) in [4.78, 5) is 7.09. The van der Waals surface area contributed by atoms with E-state index in [1.165, 1.54) is 25.7 Å². The van der Waals surface area contributed by atoms with Crippen molar-refractivity contribution in [1.29, 1.82) is 0 Å². The van der Waals surface area contributed by atoms with E-state index in [1.54, 1.807) is 0 Å². The van der Waals surface area contributed by atoms with Crippen LogP contribution in [0.1, 0.15) is 39.5 Å². The molecule has 2 fully saturated rings. The van der Waals surface area contributed by atoms with Gasteiger partial charge in [0.15, 0.2) is 0 Å². The van der Waals surface area contributed by atoms with Crippen LogP contribution in [-0.4, -0.2) is 40.5 Å². The minimum Gasteiger partial charge on any atom is -0.340 e. The maximum Gasteiger partial charge on any atom is 0.208 e. The van der Waals surface area contributed by atoms with Gasteiger partial charge < -0.3 is 4.90 Å². The summed E-state index contributed by atoms with van der Waals surface area (Å²) in [6.45, 7) is 6.64. The van der Waals surface area contributed by atoms with Crippen LogP contribution in [-0.2, 0) is 0 Å². The maximum atomic E-state index is 5.64. The Bertz CT molecular complexity index is 266. The van der Waals surface area contributed by atoms with Gasteiger partial charge in [-0.25, -0.2) is 10.8 Å². The topological polar surface area (TPSA) is 53.6 Å². The Morgan fingerprint density at radius 3 is 2.35 bits per heavy atom. The van der Waals surface area contributed by atoms with E-state index in [-0.39, 0.29) is 0 Å². The monoisotopic (exact) mass is 256 g/mol. The summed E-state index contributed by atoms with van der Waals surface area (Å²) in [6.07, 6.45) is 5.07. The number of hydrogen-bond acceptors (Lipinski definition) is 3. The van der Waals surface area contributed by atoms with E-state index in [0.29, 0.717) is 16.5 Å². The van der Waals surface area contributed by atoms with Crippen LogP contribution in [0.5, 0.6) is 0 Å². The van der Waals surface area contributed by atoms with Gasteiger partial charge in [-0.05, 0) is 12.8 Å². The van der Waals surface area contributed by atoms with Gasteiger partial charge in [0.05, 0.1) is 6.04 Å². The first kappa shape index (κ1) is 13.0. The minimum absolute atomic E-state index is 0.487. The van der Waals surface area contributed by atoms with Gasteiger partial charge in [-0.1, -0.05) is 26.7 Å². The number of hydrazine groups is 1. The molecule has 4 nitrogen and oxygen atoms in total. The molecule has 1 saturated carbocycles. The number of thioether (sulfide) groups is 1. The number of nitrogens with one attached hydrogen (secondary N) is 1. The molecular formula is C12H24N4S. The Kier molecular flexibility index (Phi) is 4.56. The van der Waals surface area contributed by atoms with Crippen molar-refractivity contribution in [2.24, 2.45) is 10.8 Å². The fourth-order valence-corrected chi connectivity index (χ4v) is 4.09. The van der Waals surface area contributed by atoms with Crippen LogP contribution in [0.4, 0.5) is 0 Å². The molecule has 0 amide bonds. The van der Waals surface area contributed by atoms with E-state index in [4.69, 9.17) is 10.8 Å². The Morgan fingerprint density at radius 2 is 1.82 bits per heavy atom. The molecule has 98 valence electrons. The second-order valence-electron chi connectivity index (χ2n) is 5.20. The zero-order chi connectivity index (χ0) is 12.3. The van der Waals surface area contributed by atoms with Crippen LogP contribution >= 0.6 is 11.8 Å². The number of nitrogens with zero attached hydrogens (tertiary/aromatic N) is 2. The summed E-state index contributed by atoms with van der Waals surface area (Å²) >= 11 is 2.05. The highest BCUT2D eigenvalue weighted by atomic mass is 32.2. The summed E-state index contributed by atoms with van der Waals surface area (Å²) in [5.74, 6) is 6.54. The first-order valence-corrected chi connectivity index (χ1v) is 7.58. The predicted octanol–water partition coefficient (Wildman–Crippen LogP) is 1.57. The lowest BCUT2D eigenvalue weighted by Gasteiger charge is -2.36. The third kappa shape index (κ3) is 3.52. The smallest absolute Gasteiger partial charge is 0.208 e. The second-order valence-corrected chi connectivity index (χ2v) is 7.08. The largest absolute Gasteiger partial charge is 0.340 e. The van der Waals surface area contributed by atoms with Gasteiger partial charge in [0.2, 0.25) is 5.96 Å². The van der Waals surface area contributed by atoms with Crippen molar-refractivity contribution in [1.82, 2.24) is 10.3 Å². The van der Waals surface area contributed by atoms with Gasteiger partial charge in [0.1, 0.15) is 0 Å². The SMILES string of the molecule is CC1CN(C(=NC2CCCC2)NN)CC(C)S1. The molecule has 0 aromatic heterocycles. The highest BCUT2D eigenvalue weighted by molar-refractivity contribution is 8.00. The van der Waals surface area contributed by atoms with Crippen LogP contribution in [0, 0.1) is 0 Å². The lowest BCUT2D eigenvalue weighted by molar-refractivity contribution is 0.392. The molecule has 1 aliphatic carbocycles. The maximum absolute atomic E-state index is 5.64. The van der Waals surface area contributed by atoms with Crippen molar-refractivity contribution >= 4 is 17.7 Å². The quantitative estimate of drug-likeness (QED) is 0.324. The summed E-state index contributed by atoms with van der Waals surface area (Å²) < 4.78 is 0. The van der Waals surface area contributed by atoms with Crippen LogP contribution < -0.4 is 11.3 Å². The number of hydrogen-bond donors (Lipinski definition) is 2. The molecule has 0 aromatic carbocycles. The lowest BCUT2D eigenvalue weighted by atomic mass is 10.3. The third-order valence-corrected chi connectivity index (χ3v) is 4.71. The Hall–Kier alpha value is -0.420. The van der Waals surface area contributed by atoms with Gasteiger partial charge in [-0.2, -0.15) is 11.8 Å².